The number of urea groups is 2. The number of esters is 2. The van der Waals surface area contributed by atoms with E-state index in [9.17, 15) is 139 Å². The van der Waals surface area contributed by atoms with Gasteiger partial charge in [-0.05, 0) is 241 Å². The molecule has 0 aromatic heterocycles. The van der Waals surface area contributed by atoms with E-state index in [1.807, 2.05) is 0 Å². The summed E-state index contributed by atoms with van der Waals surface area (Å²) in [7, 11) is 2.67. The largest absolute Gasteiger partial charge is 0.573 e. The monoisotopic (exact) mass is 2100 g/mol. The van der Waals surface area contributed by atoms with Gasteiger partial charge >= 0.3 is 80.3 Å². The summed E-state index contributed by atoms with van der Waals surface area (Å²) >= 11 is 0. The highest BCUT2D eigenvalue weighted by molar-refractivity contribution is 5.95. The molecule has 3 aliphatic rings. The lowest BCUT2D eigenvalue weighted by Gasteiger charge is -2.39. The predicted octanol–water partition coefficient (Wildman–Crippen LogP) is 24.0. The first-order chi connectivity index (χ1) is 69.0. The van der Waals surface area contributed by atoms with Crippen LogP contribution in [0.5, 0.6) is 40.2 Å². The summed E-state index contributed by atoms with van der Waals surface area (Å²) in [6.45, 7) is -1.15. The number of benzene rings is 10. The van der Waals surface area contributed by atoms with Gasteiger partial charge in [-0.25, -0.2) is 22.8 Å². The molecule has 0 radical (unpaired) electrons. The van der Waals surface area contributed by atoms with E-state index < -0.39 is 180 Å². The third-order valence-electron chi connectivity index (χ3n) is 24.1. The number of aliphatic carboxylic acids is 1. The van der Waals surface area contributed by atoms with Gasteiger partial charge < -0.3 is 74.3 Å². The van der Waals surface area contributed by atoms with Gasteiger partial charge in [-0.15, -0.1) is 52.7 Å². The number of rotatable bonds is 34. The van der Waals surface area contributed by atoms with E-state index in [1.165, 1.54) is 74.9 Å². The maximum atomic E-state index is 14.8. The molecule has 790 valence electrons. The first-order valence-corrected chi connectivity index (χ1v) is 44.6. The molecule has 0 saturated heterocycles. The van der Waals surface area contributed by atoms with Crippen LogP contribution in [0.4, 0.5) is 119 Å². The number of ether oxygens (including phenoxy) is 9. The summed E-state index contributed by atoms with van der Waals surface area (Å²) in [5.41, 5.74) is -7.96. The molecule has 0 bridgehead atoms. The molecular formula is C101H90F25N5O16. The molecule has 147 heavy (non-hydrogen) atoms. The van der Waals surface area contributed by atoms with Crippen molar-refractivity contribution >= 4 is 35.9 Å². The summed E-state index contributed by atoms with van der Waals surface area (Å²) < 4.78 is 377. The molecule has 0 aliphatic heterocycles. The molecule has 0 unspecified atom stereocenters. The number of carboxylic acid groups (broad SMARTS) is 1. The highest BCUT2D eigenvalue weighted by Crippen LogP contribution is 2.46. The molecule has 6 N–H and O–H groups in total. The van der Waals surface area contributed by atoms with Crippen LogP contribution in [0.3, 0.4) is 0 Å². The van der Waals surface area contributed by atoms with Crippen LogP contribution in [-0.2, 0) is 65.9 Å². The highest BCUT2D eigenvalue weighted by Gasteiger charge is 2.49. The Balaban J connectivity index is 0.000000212. The van der Waals surface area contributed by atoms with Crippen molar-refractivity contribution < 1.29 is 186 Å². The highest BCUT2D eigenvalue weighted by atomic mass is 19.4. The van der Waals surface area contributed by atoms with Gasteiger partial charge in [0.05, 0.1) is 67.4 Å². The van der Waals surface area contributed by atoms with Gasteiger partial charge in [-0.1, -0.05) is 115 Å². The fourth-order valence-corrected chi connectivity index (χ4v) is 17.1. The van der Waals surface area contributed by atoms with Crippen molar-refractivity contribution in [3.8, 4) is 40.2 Å². The standard InChI is InChI=1S/C39H33F10NO6.C34H33F9N2O6.C28H24F6N2O4/c1-53-35(52)25-12-8-24(9-13-25)22-54-29-15-10-23(11-16-29)21-36(27-4-2-6-30(19-27)55-38(44,45)46,28-5-3-7-31(20-28)56-39(47,48)49)50-34(51)26-14-17-33(40)32(18-26)37(41,42)43;1-48-29(46)23-12-8-22(9-13-23)19-49-26-14-10-21(11-15-26)18-31(45-30(47)44-20-32(35,36)37,24-4-2-6-27(16-24)50-33(38,39)40)25-5-3-7-28(17-25)51-34(41,42)43;29-20-8-6-18(7-9-20)27(15-16-4-2-1-3-5-16,36-26(39)35-22-10-17(11-22)24(37)38)19-12-21(30)14-23(13-19)40-28(33,34)25(31)32/h2-7,10-11,14-20,24-25H,8-9,12-13,21-22H2,1H3,(H,50,51);2-7,10-11,14-17,22-23H,8-9,12-13,18-20H2,1H3,(H2,44,45,47);1-9,12-14,17,22,25H,10-11,15H2,(H,37,38)(H2,35,36,39)/t;;17?,22?,27-/m..1/s1. The van der Waals surface area contributed by atoms with Crippen molar-refractivity contribution in [3.63, 3.8) is 0 Å². The van der Waals surface area contributed by atoms with Crippen LogP contribution in [0.15, 0.2) is 237 Å². The Morgan fingerprint density at radius 1 is 0.367 bits per heavy atom. The molecular weight excluding hydrogens is 2010 g/mol. The molecule has 46 heteroatoms. The number of hydrogen-bond donors (Lipinski definition) is 6. The summed E-state index contributed by atoms with van der Waals surface area (Å²) in [6, 6.07) is 43.1. The second-order valence-corrected chi connectivity index (χ2v) is 34.4. The van der Waals surface area contributed by atoms with Crippen LogP contribution in [0.2, 0.25) is 0 Å². The van der Waals surface area contributed by atoms with Gasteiger partial charge in [0, 0.05) is 36.9 Å². The second kappa shape index (κ2) is 47.8. The van der Waals surface area contributed by atoms with Crippen LogP contribution in [0.1, 0.15) is 130 Å². The molecule has 10 aromatic rings. The van der Waals surface area contributed by atoms with E-state index in [0.717, 1.165) is 116 Å². The smallest absolute Gasteiger partial charge is 0.493 e. The molecule has 21 nitrogen and oxygen atoms in total. The van der Waals surface area contributed by atoms with Crippen LogP contribution in [0, 0.1) is 47.0 Å². The van der Waals surface area contributed by atoms with Crippen LogP contribution in [0.25, 0.3) is 0 Å². The Bertz CT molecular complexity index is 6000. The average Bonchev–Trinajstić information content (AvgIpc) is 0.764. The van der Waals surface area contributed by atoms with Crippen molar-refractivity contribution in [3.05, 3.63) is 315 Å². The third-order valence-corrected chi connectivity index (χ3v) is 24.1. The number of carbonyl (C=O) groups is 6. The number of halogens is 25. The summed E-state index contributed by atoms with van der Waals surface area (Å²) in [4.78, 5) is 75.0. The number of hydrogen-bond acceptors (Lipinski definition) is 15. The maximum Gasteiger partial charge on any atom is 0.573 e. The van der Waals surface area contributed by atoms with Crippen LogP contribution in [-0.4, -0.2) is 125 Å². The van der Waals surface area contributed by atoms with Crippen LogP contribution < -0.4 is 59.7 Å². The van der Waals surface area contributed by atoms with Crippen molar-refractivity contribution in [2.45, 2.75) is 156 Å². The zero-order valence-corrected chi connectivity index (χ0v) is 76.9. The molecule has 3 aliphatic carbocycles. The Morgan fingerprint density at radius 2 is 0.755 bits per heavy atom. The predicted molar refractivity (Wildman–Crippen MR) is 473 cm³/mol. The van der Waals surface area contributed by atoms with E-state index in [4.69, 9.17) is 24.1 Å². The van der Waals surface area contributed by atoms with Gasteiger partial charge in [0.1, 0.15) is 64.2 Å². The Kier molecular flexibility index (Phi) is 36.6. The normalized spacial score (nSPS) is 17.1. The number of carboxylic acids is 1. The van der Waals surface area contributed by atoms with Crippen molar-refractivity contribution in [1.82, 2.24) is 26.6 Å². The Labute approximate surface area is 821 Å². The fourth-order valence-electron chi connectivity index (χ4n) is 17.1. The zero-order chi connectivity index (χ0) is 107. The molecule has 0 heterocycles. The molecule has 5 amide bonds. The number of alkyl halides is 22. The van der Waals surface area contributed by atoms with Gasteiger partial charge in [0.15, 0.2) is 0 Å². The Hall–Kier alpha value is -14.5. The van der Waals surface area contributed by atoms with Crippen molar-refractivity contribution in [2.75, 3.05) is 34.0 Å². The molecule has 10 aromatic carbocycles. The van der Waals surface area contributed by atoms with E-state index in [2.05, 4.69) is 45.0 Å². The van der Waals surface area contributed by atoms with Crippen molar-refractivity contribution in [1.29, 1.82) is 0 Å². The number of amides is 5. The minimum Gasteiger partial charge on any atom is -0.493 e. The SMILES string of the molecule is COC(=O)C1CCC(COc2ccc(CC(NC(=O)NCC(F)(F)F)(c3cccc(OC(F)(F)F)c3)c3cccc(OC(F)(F)F)c3)cc2)CC1.COC(=O)C1CCC(COc2ccc(CC(NC(=O)c3ccc(F)c(C(F)(F)F)c3)(c3cccc(OC(F)(F)F)c3)c3cccc(OC(F)(F)F)c3)cc2)CC1.O=C(NC1CC(C(=O)O)C1)N[C@](Cc1ccccc1)(c1ccc(F)cc1)c1cc(F)cc(OC(F)(F)C(F)F)c1. The third kappa shape index (κ3) is 32.7. The molecule has 0 spiro atoms. The molecule has 1 atom stereocenters. The minimum atomic E-state index is -5.23. The van der Waals surface area contributed by atoms with Crippen molar-refractivity contribution in [2.24, 2.45) is 29.6 Å². The summed E-state index contributed by atoms with van der Waals surface area (Å²) in [5, 5.41) is 21.0. The molecule has 3 saturated carbocycles. The van der Waals surface area contributed by atoms with Gasteiger partial charge in [-0.2, -0.15) is 43.9 Å². The van der Waals surface area contributed by atoms with E-state index in [-0.39, 0.29) is 94.3 Å². The maximum absolute atomic E-state index is 14.8. The van der Waals surface area contributed by atoms with Gasteiger partial charge in [0.25, 0.3) is 5.91 Å². The molecule has 3 fully saturated rings. The Morgan fingerprint density at radius 3 is 1.14 bits per heavy atom. The van der Waals surface area contributed by atoms with E-state index in [0.29, 0.717) is 92.1 Å². The fraction of sp³-hybridized carbons (Fsp3) is 0.347. The number of methoxy groups -OCH3 is 2. The summed E-state index contributed by atoms with van der Waals surface area (Å²) in [6.07, 6.45) is -35.0. The van der Waals surface area contributed by atoms with E-state index in [1.54, 1.807) is 59.9 Å². The topological polar surface area (TPSA) is 266 Å². The lowest BCUT2D eigenvalue weighted by Crippen LogP contribution is -2.56. The second-order valence-electron chi connectivity index (χ2n) is 34.4. The average molecular weight is 2100 g/mol. The molecule has 13 rings (SSSR count). The number of carbonyl (C=O) groups excluding carboxylic acids is 5. The zero-order valence-electron chi connectivity index (χ0n) is 76.9. The number of nitrogens with one attached hydrogen (secondary N) is 5. The van der Waals surface area contributed by atoms with Gasteiger partial charge in [-0.3, -0.25) is 19.2 Å². The van der Waals surface area contributed by atoms with E-state index >= 15 is 0 Å². The van der Waals surface area contributed by atoms with Crippen LogP contribution >= 0.6 is 0 Å². The minimum absolute atomic E-state index is 0.108. The summed E-state index contributed by atoms with van der Waals surface area (Å²) in [5.74, 6) is -10.2. The first-order valence-electron chi connectivity index (χ1n) is 44.6. The quantitative estimate of drug-likeness (QED) is 0.0162. The lowest BCUT2D eigenvalue weighted by atomic mass is 9.77. The van der Waals surface area contributed by atoms with Gasteiger partial charge in [0.2, 0.25) is 0 Å². The lowest BCUT2D eigenvalue weighted by molar-refractivity contribution is -0.275. The first kappa shape index (κ1) is 113.